The van der Waals surface area contributed by atoms with Crippen LogP contribution in [0, 0.1) is 0 Å². The minimum atomic E-state index is -4.30. The molecule has 2 amide bonds. The number of rotatable bonds is 5. The van der Waals surface area contributed by atoms with Crippen LogP contribution in [0.4, 0.5) is 16.2 Å². The Morgan fingerprint density at radius 3 is 2.41 bits per heavy atom. The lowest BCUT2D eigenvalue weighted by Crippen LogP contribution is -2.44. The van der Waals surface area contributed by atoms with E-state index in [0.29, 0.717) is 11.4 Å². The molecule has 0 fully saturated rings. The average molecular weight is 481 g/mol. The standard InChI is InChI=1S/C24H28N6O3S/c1-28-12-5-8-19(11-13-28)30(20-15-25-29(2)16-20)34(32,33)27-24(31)26-23-21-9-3-6-17(21)14-18-7-4-10-22(18)23/h5,8,11-16H,3-4,6-7,9-10H2,1-2H3,(H2,26,27,31). The SMILES string of the molecule is CN1C=CC=C(N(c2cnn(C)c2)S(=O)(=O)NC(=O)Nc2c3c(cc4c2CCC4)CCC3)C=C1. The number of carbonyl (C=O) groups is 1. The number of anilines is 2. The number of carbonyl (C=O) groups excluding carboxylic acids is 1. The minimum absolute atomic E-state index is 0.318. The van der Waals surface area contributed by atoms with Crippen molar-refractivity contribution in [1.82, 2.24) is 19.4 Å². The predicted octanol–water partition coefficient (Wildman–Crippen LogP) is 3.13. The van der Waals surface area contributed by atoms with Gasteiger partial charge in [0.25, 0.3) is 0 Å². The highest BCUT2D eigenvalue weighted by Gasteiger charge is 2.30. The third-order valence-corrected chi connectivity index (χ3v) is 7.75. The molecule has 2 aliphatic carbocycles. The van der Waals surface area contributed by atoms with Gasteiger partial charge in [0.1, 0.15) is 0 Å². The molecule has 2 N–H and O–H groups in total. The second kappa shape index (κ2) is 8.68. The number of benzene rings is 1. The van der Waals surface area contributed by atoms with Crippen LogP contribution in [0.5, 0.6) is 0 Å². The van der Waals surface area contributed by atoms with E-state index in [1.165, 1.54) is 22.0 Å². The van der Waals surface area contributed by atoms with Gasteiger partial charge in [0.15, 0.2) is 0 Å². The van der Waals surface area contributed by atoms with Crippen molar-refractivity contribution in [2.24, 2.45) is 7.05 Å². The Balaban J connectivity index is 1.45. The molecule has 0 unspecified atom stereocenters. The smallest absolute Gasteiger partial charge is 0.334 e. The Hall–Kier alpha value is -3.53. The van der Waals surface area contributed by atoms with Gasteiger partial charge in [-0.05, 0) is 79.0 Å². The topological polar surface area (TPSA) is 99.6 Å². The molecule has 0 saturated heterocycles. The highest BCUT2D eigenvalue weighted by molar-refractivity contribution is 7.91. The molecule has 0 spiro atoms. The van der Waals surface area contributed by atoms with E-state index >= 15 is 0 Å². The Morgan fingerprint density at radius 1 is 1.06 bits per heavy atom. The maximum absolute atomic E-state index is 13.5. The number of nitrogens with zero attached hydrogens (tertiary/aromatic N) is 4. The third kappa shape index (κ3) is 4.21. The van der Waals surface area contributed by atoms with E-state index in [1.807, 2.05) is 7.05 Å². The largest absolute Gasteiger partial charge is 0.357 e. The first kappa shape index (κ1) is 22.3. The Labute approximate surface area is 199 Å². The summed E-state index contributed by atoms with van der Waals surface area (Å²) in [4.78, 5) is 14.9. The van der Waals surface area contributed by atoms with Crippen LogP contribution >= 0.6 is 0 Å². The lowest BCUT2D eigenvalue weighted by atomic mass is 9.99. The predicted molar refractivity (Wildman–Crippen MR) is 131 cm³/mol. The van der Waals surface area contributed by atoms with Crippen molar-refractivity contribution >= 4 is 27.6 Å². The first-order chi connectivity index (χ1) is 16.3. The Morgan fingerprint density at radius 2 is 1.76 bits per heavy atom. The van der Waals surface area contributed by atoms with Crippen LogP contribution in [-0.2, 0) is 42.9 Å². The van der Waals surface area contributed by atoms with Gasteiger partial charge >= 0.3 is 16.2 Å². The number of aryl methyl sites for hydroxylation is 3. The molecular weight excluding hydrogens is 452 g/mol. The van der Waals surface area contributed by atoms with Crippen LogP contribution in [0.3, 0.4) is 0 Å². The molecule has 0 bridgehead atoms. The molecule has 0 radical (unpaired) electrons. The number of aromatic nitrogens is 2. The highest BCUT2D eigenvalue weighted by Crippen LogP contribution is 2.38. The van der Waals surface area contributed by atoms with Gasteiger partial charge < -0.3 is 10.2 Å². The van der Waals surface area contributed by atoms with Crippen LogP contribution in [0.15, 0.2) is 54.8 Å². The second-order valence-electron chi connectivity index (χ2n) is 8.85. The van der Waals surface area contributed by atoms with Crippen molar-refractivity contribution in [3.05, 3.63) is 77.0 Å². The van der Waals surface area contributed by atoms with Crippen molar-refractivity contribution in [3.63, 3.8) is 0 Å². The molecule has 0 atom stereocenters. The van der Waals surface area contributed by atoms with Crippen LogP contribution in [-0.4, -0.2) is 36.2 Å². The first-order valence-electron chi connectivity index (χ1n) is 11.4. The summed E-state index contributed by atoms with van der Waals surface area (Å²) in [6, 6.07) is 1.50. The number of urea groups is 1. The Kier molecular flexibility index (Phi) is 5.68. The maximum atomic E-state index is 13.5. The summed E-state index contributed by atoms with van der Waals surface area (Å²) in [5, 5.41) is 7.01. The Bertz CT molecular complexity index is 1310. The summed E-state index contributed by atoms with van der Waals surface area (Å²) in [5.41, 5.74) is 6.29. The molecule has 178 valence electrons. The summed E-state index contributed by atoms with van der Waals surface area (Å²) in [5.74, 6) is 0. The molecule has 0 saturated carbocycles. The fraction of sp³-hybridized carbons (Fsp3) is 0.333. The fourth-order valence-corrected chi connectivity index (χ4v) is 6.07. The number of hydrogen-bond donors (Lipinski definition) is 2. The van der Waals surface area contributed by atoms with Gasteiger partial charge in [-0.3, -0.25) is 4.68 Å². The van der Waals surface area contributed by atoms with Gasteiger partial charge in [-0.1, -0.05) is 6.07 Å². The van der Waals surface area contributed by atoms with Crippen molar-refractivity contribution < 1.29 is 13.2 Å². The fourth-order valence-electron chi connectivity index (χ4n) is 4.92. The van der Waals surface area contributed by atoms with E-state index in [4.69, 9.17) is 0 Å². The van der Waals surface area contributed by atoms with Crippen LogP contribution < -0.4 is 14.3 Å². The lowest BCUT2D eigenvalue weighted by molar-refractivity contribution is 0.256. The number of allylic oxidation sites excluding steroid dienone is 3. The molecule has 10 heteroatoms. The quantitative estimate of drug-likeness (QED) is 0.685. The molecule has 9 nitrogen and oxygen atoms in total. The number of nitrogens with one attached hydrogen (secondary N) is 2. The van der Waals surface area contributed by atoms with Gasteiger partial charge in [-0.2, -0.15) is 13.5 Å². The van der Waals surface area contributed by atoms with Gasteiger partial charge in [0.2, 0.25) is 0 Å². The third-order valence-electron chi connectivity index (χ3n) is 6.40. The molecule has 2 heterocycles. The highest BCUT2D eigenvalue weighted by atomic mass is 32.2. The summed E-state index contributed by atoms with van der Waals surface area (Å²) in [6.45, 7) is 0. The number of hydrogen-bond acceptors (Lipinski definition) is 5. The van der Waals surface area contributed by atoms with Crippen molar-refractivity contribution in [3.8, 4) is 0 Å². The summed E-state index contributed by atoms with van der Waals surface area (Å²) < 4.78 is 31.8. The van der Waals surface area contributed by atoms with E-state index in [0.717, 1.165) is 59.6 Å². The molecule has 5 rings (SSSR count). The zero-order valence-corrected chi connectivity index (χ0v) is 20.1. The summed E-state index contributed by atoms with van der Waals surface area (Å²) >= 11 is 0. The monoisotopic (exact) mass is 480 g/mol. The van der Waals surface area contributed by atoms with Crippen molar-refractivity contribution in [1.29, 1.82) is 0 Å². The van der Waals surface area contributed by atoms with Gasteiger partial charge in [0.05, 0.1) is 17.6 Å². The van der Waals surface area contributed by atoms with E-state index in [-0.39, 0.29) is 0 Å². The average Bonchev–Trinajstić information content (AvgIpc) is 3.49. The normalized spacial score (nSPS) is 16.6. The molecule has 3 aliphatic rings. The number of fused-ring (bicyclic) bond motifs is 2. The summed E-state index contributed by atoms with van der Waals surface area (Å²) in [7, 11) is -0.750. The van der Waals surface area contributed by atoms with E-state index in [1.54, 1.807) is 48.8 Å². The molecule has 1 aromatic carbocycles. The van der Waals surface area contributed by atoms with Gasteiger partial charge in [0, 0.05) is 38.4 Å². The van der Waals surface area contributed by atoms with E-state index in [2.05, 4.69) is 21.2 Å². The molecule has 34 heavy (non-hydrogen) atoms. The van der Waals surface area contributed by atoms with Gasteiger partial charge in [-0.25, -0.2) is 13.8 Å². The van der Waals surface area contributed by atoms with Gasteiger partial charge in [-0.15, -0.1) is 0 Å². The summed E-state index contributed by atoms with van der Waals surface area (Å²) in [6.07, 6.45) is 17.5. The zero-order valence-electron chi connectivity index (χ0n) is 19.3. The molecular formula is C24H28N6O3S. The lowest BCUT2D eigenvalue weighted by Gasteiger charge is -2.24. The van der Waals surface area contributed by atoms with E-state index < -0.39 is 16.2 Å². The van der Waals surface area contributed by atoms with Crippen molar-refractivity contribution in [2.45, 2.75) is 38.5 Å². The van der Waals surface area contributed by atoms with Crippen LogP contribution in [0.1, 0.15) is 35.1 Å². The molecule has 2 aromatic rings. The van der Waals surface area contributed by atoms with E-state index in [9.17, 15) is 13.2 Å². The minimum Gasteiger partial charge on any atom is -0.357 e. The number of amides is 2. The second-order valence-corrected chi connectivity index (χ2v) is 10.4. The van der Waals surface area contributed by atoms with Crippen LogP contribution in [0.25, 0.3) is 0 Å². The maximum Gasteiger partial charge on any atom is 0.334 e. The first-order valence-corrected chi connectivity index (χ1v) is 12.8. The molecule has 1 aliphatic heterocycles. The zero-order chi connectivity index (χ0) is 23.9. The van der Waals surface area contributed by atoms with Crippen molar-refractivity contribution in [2.75, 3.05) is 16.7 Å². The molecule has 1 aromatic heterocycles. The van der Waals surface area contributed by atoms with Crippen LogP contribution in [0.2, 0.25) is 0 Å².